The van der Waals surface area contributed by atoms with Gasteiger partial charge in [-0.15, -0.1) is 0 Å². The molecule has 3 aliphatic rings. The number of para-hydroxylation sites is 1. The van der Waals surface area contributed by atoms with Gasteiger partial charge in [0.05, 0.1) is 17.4 Å². The summed E-state index contributed by atoms with van der Waals surface area (Å²) in [6.45, 7) is 6.46. The molecule has 1 aromatic carbocycles. The van der Waals surface area contributed by atoms with Crippen molar-refractivity contribution >= 4 is 23.4 Å². The zero-order valence-electron chi connectivity index (χ0n) is 21.1. The molecule has 3 saturated heterocycles. The molecular formula is C27H39N3O5. The smallest absolute Gasteiger partial charge is 0.246 e. The molecule has 8 heteroatoms. The molecule has 0 aromatic heterocycles. The number of rotatable bonds is 11. The Kier molecular flexibility index (Phi) is 7.52. The second-order valence-electron chi connectivity index (χ2n) is 10.6. The molecule has 3 unspecified atom stereocenters. The second kappa shape index (κ2) is 10.3. The van der Waals surface area contributed by atoms with Gasteiger partial charge in [-0.1, -0.05) is 31.5 Å². The highest BCUT2D eigenvalue weighted by atomic mass is 16.5. The number of nitrogens with one attached hydrogen (secondary N) is 2. The van der Waals surface area contributed by atoms with E-state index in [1.54, 1.807) is 4.90 Å². The quantitative estimate of drug-likeness (QED) is 0.418. The Bertz CT molecular complexity index is 940. The van der Waals surface area contributed by atoms with E-state index in [4.69, 9.17) is 9.84 Å². The molecule has 35 heavy (non-hydrogen) atoms. The van der Waals surface area contributed by atoms with Crippen LogP contribution in [-0.4, -0.2) is 64.2 Å². The fourth-order valence-electron chi connectivity index (χ4n) is 6.51. The predicted molar refractivity (Wildman–Crippen MR) is 132 cm³/mol. The van der Waals surface area contributed by atoms with Crippen molar-refractivity contribution in [3.8, 4) is 0 Å². The maximum Gasteiger partial charge on any atom is 0.246 e. The van der Waals surface area contributed by atoms with Crippen molar-refractivity contribution in [3.05, 3.63) is 30.3 Å². The predicted octanol–water partition coefficient (Wildman–Crippen LogP) is 2.86. The number of hydrogen-bond acceptors (Lipinski definition) is 5. The Hall–Kier alpha value is -2.45. The molecule has 8 nitrogen and oxygen atoms in total. The number of benzene rings is 1. The molecule has 4 rings (SSSR count). The molecule has 192 valence electrons. The molecule has 1 spiro atoms. The Morgan fingerprint density at radius 2 is 1.91 bits per heavy atom. The lowest BCUT2D eigenvalue weighted by Crippen LogP contribution is -2.56. The molecule has 3 amide bonds. The zero-order chi connectivity index (χ0) is 25.2. The van der Waals surface area contributed by atoms with E-state index in [1.165, 1.54) is 0 Å². The van der Waals surface area contributed by atoms with E-state index in [0.717, 1.165) is 19.3 Å². The summed E-state index contributed by atoms with van der Waals surface area (Å²) in [5.74, 6) is -1.97. The molecule has 2 bridgehead atoms. The van der Waals surface area contributed by atoms with Crippen molar-refractivity contribution in [3.63, 3.8) is 0 Å². The largest absolute Gasteiger partial charge is 0.396 e. The lowest BCUT2D eigenvalue weighted by Gasteiger charge is -2.34. The topological polar surface area (TPSA) is 108 Å². The number of anilines is 1. The molecule has 0 radical (unpaired) electrons. The average Bonchev–Trinajstić information content (AvgIpc) is 3.38. The lowest BCUT2D eigenvalue weighted by atomic mass is 9.66. The van der Waals surface area contributed by atoms with E-state index in [2.05, 4.69) is 17.6 Å². The summed E-state index contributed by atoms with van der Waals surface area (Å²) in [5, 5.41) is 15.2. The standard InChI is InChI=1S/C27H39N3O5/c1-4-11-18(2)28-24(33)22-27-15-14-26(3,35-27)20(23(32)29-19-12-7-5-8-13-19)21(27)25(34)30(22)16-9-6-10-17-31/h5,7-8,12-13,18,20-22,31H,4,6,9-11,14-17H2,1-3H3,(H,28,33)(H,29,32)/t18?,20-,21-,22?,26+,27?/m0/s1. The van der Waals surface area contributed by atoms with Gasteiger partial charge >= 0.3 is 0 Å². The van der Waals surface area contributed by atoms with Gasteiger partial charge in [-0.05, 0) is 64.5 Å². The van der Waals surface area contributed by atoms with Gasteiger partial charge in [0, 0.05) is 24.9 Å². The monoisotopic (exact) mass is 485 g/mol. The van der Waals surface area contributed by atoms with Gasteiger partial charge in [0.1, 0.15) is 11.6 Å². The van der Waals surface area contributed by atoms with Crippen LogP contribution < -0.4 is 10.6 Å². The van der Waals surface area contributed by atoms with E-state index >= 15 is 0 Å². The molecule has 6 atom stereocenters. The van der Waals surface area contributed by atoms with E-state index in [1.807, 2.05) is 44.2 Å². The van der Waals surface area contributed by atoms with Crippen LogP contribution in [0.5, 0.6) is 0 Å². The van der Waals surface area contributed by atoms with Crippen molar-refractivity contribution in [1.82, 2.24) is 10.2 Å². The number of carbonyl (C=O) groups is 3. The van der Waals surface area contributed by atoms with Crippen LogP contribution in [0.2, 0.25) is 0 Å². The van der Waals surface area contributed by atoms with Crippen LogP contribution in [0, 0.1) is 11.8 Å². The molecular weight excluding hydrogens is 446 g/mol. The molecule has 3 aliphatic heterocycles. The van der Waals surface area contributed by atoms with Gasteiger partial charge in [0.2, 0.25) is 17.7 Å². The van der Waals surface area contributed by atoms with Crippen LogP contribution in [0.3, 0.4) is 0 Å². The highest BCUT2D eigenvalue weighted by Gasteiger charge is 2.77. The minimum Gasteiger partial charge on any atom is -0.396 e. The van der Waals surface area contributed by atoms with E-state index in [9.17, 15) is 14.4 Å². The van der Waals surface area contributed by atoms with Gasteiger partial charge < -0.3 is 25.4 Å². The summed E-state index contributed by atoms with van der Waals surface area (Å²) >= 11 is 0. The fourth-order valence-corrected chi connectivity index (χ4v) is 6.51. The van der Waals surface area contributed by atoms with Gasteiger partial charge in [0.15, 0.2) is 0 Å². The van der Waals surface area contributed by atoms with E-state index in [0.29, 0.717) is 37.9 Å². The summed E-state index contributed by atoms with van der Waals surface area (Å²) in [7, 11) is 0. The number of ether oxygens (including phenoxy) is 1. The Morgan fingerprint density at radius 1 is 1.17 bits per heavy atom. The van der Waals surface area contributed by atoms with Gasteiger partial charge in [-0.3, -0.25) is 14.4 Å². The van der Waals surface area contributed by atoms with Crippen LogP contribution in [0.15, 0.2) is 30.3 Å². The Balaban J connectivity index is 1.64. The Labute approximate surface area is 207 Å². The average molecular weight is 486 g/mol. The van der Waals surface area contributed by atoms with E-state index in [-0.39, 0.29) is 30.4 Å². The number of hydrogen-bond donors (Lipinski definition) is 3. The highest BCUT2D eigenvalue weighted by Crippen LogP contribution is 2.63. The van der Waals surface area contributed by atoms with Crippen molar-refractivity contribution in [2.24, 2.45) is 11.8 Å². The summed E-state index contributed by atoms with van der Waals surface area (Å²) in [6.07, 6.45) is 5.08. The summed E-state index contributed by atoms with van der Waals surface area (Å²) in [4.78, 5) is 42.8. The maximum atomic E-state index is 13.9. The number of aliphatic hydroxyl groups excluding tert-OH is 1. The van der Waals surface area contributed by atoms with Crippen LogP contribution in [-0.2, 0) is 19.1 Å². The minimum atomic E-state index is -1.00. The first-order valence-corrected chi connectivity index (χ1v) is 13.0. The molecule has 3 heterocycles. The number of fused-ring (bicyclic) bond motifs is 1. The number of aliphatic hydroxyl groups is 1. The Morgan fingerprint density at radius 3 is 2.60 bits per heavy atom. The third-order valence-electron chi connectivity index (χ3n) is 8.02. The maximum absolute atomic E-state index is 13.9. The van der Waals surface area contributed by atoms with Gasteiger partial charge in [0.25, 0.3) is 0 Å². The molecule has 0 saturated carbocycles. The zero-order valence-corrected chi connectivity index (χ0v) is 21.1. The highest BCUT2D eigenvalue weighted by molar-refractivity contribution is 6.02. The first-order valence-electron chi connectivity index (χ1n) is 13.0. The normalized spacial score (nSPS) is 31.9. The van der Waals surface area contributed by atoms with Crippen LogP contribution in [0.25, 0.3) is 0 Å². The third kappa shape index (κ3) is 4.58. The SMILES string of the molecule is CCCC(C)NC(=O)C1N(CCCCCO)C(=O)[C@@H]2[C@@H](C(=O)Nc3ccccc3)[C@@]3(C)CCC12O3. The fraction of sp³-hybridized carbons (Fsp3) is 0.667. The van der Waals surface area contributed by atoms with Crippen molar-refractivity contribution < 1.29 is 24.2 Å². The van der Waals surface area contributed by atoms with Gasteiger partial charge in [-0.2, -0.15) is 0 Å². The van der Waals surface area contributed by atoms with Crippen LogP contribution >= 0.6 is 0 Å². The number of nitrogens with zero attached hydrogens (tertiary/aromatic N) is 1. The van der Waals surface area contributed by atoms with E-state index < -0.39 is 29.1 Å². The summed E-state index contributed by atoms with van der Waals surface area (Å²) in [5.41, 5.74) is -1.13. The molecule has 3 N–H and O–H groups in total. The number of likely N-dealkylation sites (tertiary alicyclic amines) is 1. The van der Waals surface area contributed by atoms with Crippen LogP contribution in [0.1, 0.15) is 65.7 Å². The molecule has 0 aliphatic carbocycles. The molecule has 1 aromatic rings. The number of unbranched alkanes of at least 4 members (excludes halogenated alkanes) is 2. The van der Waals surface area contributed by atoms with Crippen molar-refractivity contribution in [2.45, 2.75) is 89.0 Å². The first kappa shape index (κ1) is 25.6. The first-order chi connectivity index (χ1) is 16.8. The number of amides is 3. The van der Waals surface area contributed by atoms with Gasteiger partial charge in [-0.25, -0.2) is 0 Å². The minimum absolute atomic E-state index is 0.0133. The van der Waals surface area contributed by atoms with Crippen LogP contribution in [0.4, 0.5) is 5.69 Å². The number of carbonyl (C=O) groups excluding carboxylic acids is 3. The lowest BCUT2D eigenvalue weighted by molar-refractivity contribution is -0.145. The third-order valence-corrected chi connectivity index (χ3v) is 8.02. The molecule has 3 fully saturated rings. The van der Waals surface area contributed by atoms with Crippen molar-refractivity contribution in [2.75, 3.05) is 18.5 Å². The van der Waals surface area contributed by atoms with Crippen molar-refractivity contribution in [1.29, 1.82) is 0 Å². The summed E-state index contributed by atoms with van der Waals surface area (Å²) < 4.78 is 6.62. The second-order valence-corrected chi connectivity index (χ2v) is 10.6. The summed E-state index contributed by atoms with van der Waals surface area (Å²) in [6, 6.07) is 8.44.